The first kappa shape index (κ1) is 18.5. The molecular weight excluding hydrogens is 296 g/mol. The van der Waals surface area contributed by atoms with Crippen molar-refractivity contribution in [2.45, 2.75) is 57.9 Å². The molecule has 2 N–H and O–H groups in total. The van der Waals surface area contributed by atoms with Gasteiger partial charge in [-0.15, -0.1) is 0 Å². The highest BCUT2D eigenvalue weighted by Gasteiger charge is 2.15. The molecule has 3 heteroatoms. The van der Waals surface area contributed by atoms with E-state index in [1.54, 1.807) is 0 Å². The molecule has 24 heavy (non-hydrogen) atoms. The summed E-state index contributed by atoms with van der Waals surface area (Å²) in [6, 6.07) is 14.5. The Hall–Kier alpha value is -1.87. The first-order valence-corrected chi connectivity index (χ1v) is 8.87. The maximum absolute atomic E-state index is 12.4. The molecule has 0 bridgehead atoms. The first-order chi connectivity index (χ1) is 11.4. The van der Waals surface area contributed by atoms with E-state index in [1.165, 1.54) is 11.3 Å². The number of aryl methyl sites for hydroxylation is 2. The number of Topliss-reactive ketones (excluding diaryl/α,β-unsaturated/α-hetero) is 1. The number of nitrogens with two attached hydrogens (primary N) is 1. The van der Waals surface area contributed by atoms with Crippen LogP contribution in [0, 0.1) is 0 Å². The van der Waals surface area contributed by atoms with Crippen molar-refractivity contribution < 1.29 is 4.79 Å². The second-order valence-corrected chi connectivity index (χ2v) is 7.37. The zero-order valence-electron chi connectivity index (χ0n) is 15.2. The standard InChI is InChI=1S/C21H30N2O/c1-21(2,22)16-15-18-13-14-19(23(18)3)20(24)12-8-7-11-17-9-5-4-6-10-17/h4-6,9-10,13-14H,7-8,11-12,15-16,22H2,1-3H3. The van der Waals surface area contributed by atoms with Crippen LogP contribution in [0.4, 0.5) is 0 Å². The van der Waals surface area contributed by atoms with Gasteiger partial charge >= 0.3 is 0 Å². The summed E-state index contributed by atoms with van der Waals surface area (Å²) < 4.78 is 2.03. The summed E-state index contributed by atoms with van der Waals surface area (Å²) >= 11 is 0. The van der Waals surface area contributed by atoms with Gasteiger partial charge in [-0.1, -0.05) is 30.3 Å². The third-order valence-electron chi connectivity index (χ3n) is 4.50. The van der Waals surface area contributed by atoms with Crippen LogP contribution in [0.2, 0.25) is 0 Å². The molecule has 0 aliphatic rings. The number of hydrogen-bond acceptors (Lipinski definition) is 2. The normalized spacial score (nSPS) is 11.7. The van der Waals surface area contributed by atoms with Crippen molar-refractivity contribution in [3.8, 4) is 0 Å². The van der Waals surface area contributed by atoms with Crippen LogP contribution in [-0.2, 0) is 19.9 Å². The van der Waals surface area contributed by atoms with Crippen molar-refractivity contribution in [3.05, 3.63) is 59.4 Å². The number of nitrogens with zero attached hydrogens (tertiary/aromatic N) is 1. The highest BCUT2D eigenvalue weighted by Crippen LogP contribution is 2.16. The van der Waals surface area contributed by atoms with Gasteiger partial charge in [-0.05, 0) is 63.6 Å². The van der Waals surface area contributed by atoms with Gasteiger partial charge in [-0.2, -0.15) is 0 Å². The van der Waals surface area contributed by atoms with E-state index in [-0.39, 0.29) is 11.3 Å². The fraction of sp³-hybridized carbons (Fsp3) is 0.476. The second-order valence-electron chi connectivity index (χ2n) is 7.37. The average Bonchev–Trinajstić information content (AvgIpc) is 2.91. The highest BCUT2D eigenvalue weighted by molar-refractivity contribution is 5.94. The molecule has 0 saturated heterocycles. The van der Waals surface area contributed by atoms with Crippen molar-refractivity contribution >= 4 is 5.78 Å². The van der Waals surface area contributed by atoms with E-state index in [2.05, 4.69) is 30.3 Å². The minimum Gasteiger partial charge on any atom is -0.345 e. The molecule has 1 aromatic carbocycles. The average molecular weight is 326 g/mol. The molecule has 0 saturated carbocycles. The highest BCUT2D eigenvalue weighted by atomic mass is 16.1. The molecule has 0 fully saturated rings. The zero-order valence-corrected chi connectivity index (χ0v) is 15.2. The Labute approximate surface area is 145 Å². The number of carbonyl (C=O) groups is 1. The number of unbranched alkanes of at least 4 members (excludes halogenated alkanes) is 1. The molecule has 2 rings (SSSR count). The van der Waals surface area contributed by atoms with Crippen molar-refractivity contribution in [1.29, 1.82) is 0 Å². The van der Waals surface area contributed by atoms with Gasteiger partial charge in [0.25, 0.3) is 0 Å². The predicted octanol–water partition coefficient (Wildman–Crippen LogP) is 4.29. The van der Waals surface area contributed by atoms with E-state index in [4.69, 9.17) is 5.73 Å². The number of hydrogen-bond donors (Lipinski definition) is 1. The van der Waals surface area contributed by atoms with Gasteiger partial charge in [-0.25, -0.2) is 0 Å². The zero-order chi connectivity index (χ0) is 17.6. The summed E-state index contributed by atoms with van der Waals surface area (Å²) in [5.41, 5.74) is 9.22. The molecule has 0 amide bonds. The second kappa shape index (κ2) is 8.29. The van der Waals surface area contributed by atoms with Crippen molar-refractivity contribution in [1.82, 2.24) is 4.57 Å². The largest absolute Gasteiger partial charge is 0.345 e. The van der Waals surface area contributed by atoms with Gasteiger partial charge in [0.2, 0.25) is 0 Å². The van der Waals surface area contributed by atoms with Crippen LogP contribution < -0.4 is 5.73 Å². The molecule has 2 aromatic rings. The Morgan fingerprint density at radius 2 is 1.75 bits per heavy atom. The predicted molar refractivity (Wildman–Crippen MR) is 100 cm³/mol. The Morgan fingerprint density at radius 3 is 2.42 bits per heavy atom. The molecule has 0 radical (unpaired) electrons. The number of carbonyl (C=O) groups excluding carboxylic acids is 1. The van der Waals surface area contributed by atoms with E-state index in [9.17, 15) is 4.79 Å². The molecular formula is C21H30N2O. The summed E-state index contributed by atoms with van der Waals surface area (Å²) in [6.07, 6.45) is 5.46. The van der Waals surface area contributed by atoms with Crippen LogP contribution in [0.3, 0.4) is 0 Å². The van der Waals surface area contributed by atoms with E-state index < -0.39 is 0 Å². The van der Waals surface area contributed by atoms with Crippen molar-refractivity contribution in [2.75, 3.05) is 0 Å². The van der Waals surface area contributed by atoms with Crippen LogP contribution in [0.5, 0.6) is 0 Å². The Morgan fingerprint density at radius 1 is 1.04 bits per heavy atom. The van der Waals surface area contributed by atoms with E-state index >= 15 is 0 Å². The molecule has 130 valence electrons. The molecule has 1 heterocycles. The number of aromatic nitrogens is 1. The van der Waals surface area contributed by atoms with E-state index in [1.807, 2.05) is 37.6 Å². The fourth-order valence-corrected chi connectivity index (χ4v) is 2.92. The molecule has 0 aliphatic carbocycles. The van der Waals surface area contributed by atoms with Gasteiger partial charge < -0.3 is 10.3 Å². The lowest BCUT2D eigenvalue weighted by molar-refractivity contribution is 0.0971. The maximum atomic E-state index is 12.4. The van der Waals surface area contributed by atoms with Crippen LogP contribution in [0.1, 0.15) is 61.3 Å². The maximum Gasteiger partial charge on any atom is 0.179 e. The third-order valence-corrected chi connectivity index (χ3v) is 4.50. The number of rotatable bonds is 9. The summed E-state index contributed by atoms with van der Waals surface area (Å²) in [5, 5.41) is 0. The van der Waals surface area contributed by atoms with E-state index in [0.29, 0.717) is 6.42 Å². The van der Waals surface area contributed by atoms with Gasteiger partial charge in [-0.3, -0.25) is 4.79 Å². The van der Waals surface area contributed by atoms with Gasteiger partial charge in [0.15, 0.2) is 5.78 Å². The molecule has 0 atom stereocenters. The van der Waals surface area contributed by atoms with Gasteiger partial charge in [0, 0.05) is 24.7 Å². The quantitative estimate of drug-likeness (QED) is 0.552. The Balaban J connectivity index is 1.81. The van der Waals surface area contributed by atoms with Gasteiger partial charge in [0.05, 0.1) is 5.69 Å². The topological polar surface area (TPSA) is 48.0 Å². The molecule has 1 aromatic heterocycles. The lowest BCUT2D eigenvalue weighted by Crippen LogP contribution is -2.32. The third kappa shape index (κ3) is 5.64. The van der Waals surface area contributed by atoms with Crippen LogP contribution in [0.25, 0.3) is 0 Å². The summed E-state index contributed by atoms with van der Waals surface area (Å²) in [5.74, 6) is 0.240. The molecule has 0 aliphatic heterocycles. The van der Waals surface area contributed by atoms with Crippen molar-refractivity contribution in [3.63, 3.8) is 0 Å². The molecule has 0 spiro atoms. The van der Waals surface area contributed by atoms with Crippen molar-refractivity contribution in [2.24, 2.45) is 12.8 Å². The lowest BCUT2D eigenvalue weighted by Gasteiger charge is -2.18. The fourth-order valence-electron chi connectivity index (χ4n) is 2.92. The minimum atomic E-state index is -0.175. The lowest BCUT2D eigenvalue weighted by atomic mass is 9.99. The monoisotopic (exact) mass is 326 g/mol. The Kier molecular flexibility index (Phi) is 6.38. The summed E-state index contributed by atoms with van der Waals surface area (Å²) in [6.45, 7) is 4.07. The van der Waals surface area contributed by atoms with E-state index in [0.717, 1.165) is 37.8 Å². The summed E-state index contributed by atoms with van der Waals surface area (Å²) in [7, 11) is 1.98. The smallest absolute Gasteiger partial charge is 0.179 e. The van der Waals surface area contributed by atoms with Crippen LogP contribution >= 0.6 is 0 Å². The number of benzene rings is 1. The first-order valence-electron chi connectivity index (χ1n) is 8.87. The summed E-state index contributed by atoms with van der Waals surface area (Å²) in [4.78, 5) is 12.4. The molecule has 0 unspecified atom stereocenters. The number of ketones is 1. The Bertz CT molecular complexity index is 650. The van der Waals surface area contributed by atoms with Crippen LogP contribution in [0.15, 0.2) is 42.5 Å². The van der Waals surface area contributed by atoms with Gasteiger partial charge in [0.1, 0.15) is 0 Å². The minimum absolute atomic E-state index is 0.175. The molecule has 3 nitrogen and oxygen atoms in total. The SMILES string of the molecule is Cn1c(CCC(C)(C)N)ccc1C(=O)CCCCc1ccccc1. The van der Waals surface area contributed by atoms with Crippen LogP contribution in [-0.4, -0.2) is 15.9 Å².